The van der Waals surface area contributed by atoms with Crippen molar-refractivity contribution < 1.29 is 5.11 Å². The van der Waals surface area contributed by atoms with Crippen molar-refractivity contribution in [2.45, 2.75) is 32.3 Å². The summed E-state index contributed by atoms with van der Waals surface area (Å²) in [5, 5.41) is 9.23. The van der Waals surface area contributed by atoms with Crippen molar-refractivity contribution in [1.29, 1.82) is 0 Å². The molecule has 12 heavy (non-hydrogen) atoms. The Morgan fingerprint density at radius 2 is 1.92 bits per heavy atom. The molecule has 2 nitrogen and oxygen atoms in total. The van der Waals surface area contributed by atoms with E-state index in [9.17, 15) is 5.11 Å². The normalized spacial score (nSPS) is 38.5. The summed E-state index contributed by atoms with van der Waals surface area (Å²) in [6.07, 6.45) is 4.16. The number of likely N-dealkylation sites (tertiary alicyclic amines) is 1. The highest BCUT2D eigenvalue weighted by Gasteiger charge is 2.35. The Hall–Kier alpha value is -0.0800. The fraction of sp³-hybridized carbons (Fsp3) is 1.00. The molecule has 2 unspecified atom stereocenters. The molecule has 2 fully saturated rings. The second kappa shape index (κ2) is 3.35. The molecule has 1 aliphatic heterocycles. The SMILES string of the molecule is C[C@H](O)CN1CC2CCCC2C1. The van der Waals surface area contributed by atoms with Crippen LogP contribution < -0.4 is 0 Å². The van der Waals surface area contributed by atoms with Crippen LogP contribution in [0.15, 0.2) is 0 Å². The average Bonchev–Trinajstić information content (AvgIpc) is 2.43. The molecule has 3 atom stereocenters. The Morgan fingerprint density at radius 1 is 1.33 bits per heavy atom. The fourth-order valence-corrected chi connectivity index (χ4v) is 2.85. The summed E-state index contributed by atoms with van der Waals surface area (Å²) in [6, 6.07) is 0. The Balaban J connectivity index is 1.82. The number of hydrogen-bond donors (Lipinski definition) is 1. The Bertz CT molecular complexity index is 146. The minimum absolute atomic E-state index is 0.149. The smallest absolute Gasteiger partial charge is 0.0639 e. The van der Waals surface area contributed by atoms with E-state index in [1.54, 1.807) is 0 Å². The molecule has 2 aliphatic rings. The molecule has 0 aromatic heterocycles. The third-order valence-electron chi connectivity index (χ3n) is 3.32. The minimum atomic E-state index is -0.149. The van der Waals surface area contributed by atoms with Crippen molar-refractivity contribution in [2.75, 3.05) is 19.6 Å². The molecule has 0 bridgehead atoms. The lowest BCUT2D eigenvalue weighted by Crippen LogP contribution is -2.29. The van der Waals surface area contributed by atoms with Crippen LogP contribution in [0.1, 0.15) is 26.2 Å². The number of nitrogens with zero attached hydrogens (tertiary/aromatic N) is 1. The molecule has 2 rings (SSSR count). The predicted octanol–water partition coefficient (Wildman–Crippen LogP) is 1.10. The van der Waals surface area contributed by atoms with Gasteiger partial charge < -0.3 is 10.0 Å². The maximum atomic E-state index is 9.23. The third kappa shape index (κ3) is 1.64. The highest BCUT2D eigenvalue weighted by Crippen LogP contribution is 2.37. The van der Waals surface area contributed by atoms with Crippen molar-refractivity contribution in [3.8, 4) is 0 Å². The number of rotatable bonds is 2. The van der Waals surface area contributed by atoms with Gasteiger partial charge in [0.1, 0.15) is 0 Å². The highest BCUT2D eigenvalue weighted by atomic mass is 16.3. The van der Waals surface area contributed by atoms with Crippen LogP contribution >= 0.6 is 0 Å². The van der Waals surface area contributed by atoms with Gasteiger partial charge in [0.2, 0.25) is 0 Å². The molecular weight excluding hydrogens is 150 g/mol. The van der Waals surface area contributed by atoms with Crippen molar-refractivity contribution in [3.63, 3.8) is 0 Å². The van der Waals surface area contributed by atoms with E-state index >= 15 is 0 Å². The van der Waals surface area contributed by atoms with Gasteiger partial charge in [0.05, 0.1) is 6.10 Å². The molecule has 0 aromatic carbocycles. The quantitative estimate of drug-likeness (QED) is 0.669. The molecule has 2 heteroatoms. The molecular formula is C10H19NO. The molecule has 70 valence electrons. The van der Waals surface area contributed by atoms with Crippen LogP contribution in [0.2, 0.25) is 0 Å². The zero-order chi connectivity index (χ0) is 8.55. The molecule has 0 radical (unpaired) electrons. The van der Waals surface area contributed by atoms with Gasteiger partial charge in [0.15, 0.2) is 0 Å². The monoisotopic (exact) mass is 169 g/mol. The van der Waals surface area contributed by atoms with E-state index in [4.69, 9.17) is 0 Å². The van der Waals surface area contributed by atoms with Crippen LogP contribution in [-0.2, 0) is 0 Å². The van der Waals surface area contributed by atoms with E-state index in [2.05, 4.69) is 4.90 Å². The van der Waals surface area contributed by atoms with Crippen molar-refractivity contribution in [1.82, 2.24) is 4.90 Å². The van der Waals surface area contributed by atoms with Gasteiger partial charge in [-0.2, -0.15) is 0 Å². The summed E-state index contributed by atoms with van der Waals surface area (Å²) in [6.45, 7) is 5.26. The Kier molecular flexibility index (Phi) is 2.37. The lowest BCUT2D eigenvalue weighted by atomic mass is 10.0. The summed E-state index contributed by atoms with van der Waals surface area (Å²) in [7, 11) is 0. The number of β-amino-alcohol motifs (C(OH)–C–C–N with tert-alkyl or cyclic N) is 1. The molecule has 0 spiro atoms. The lowest BCUT2D eigenvalue weighted by Gasteiger charge is -2.17. The van der Waals surface area contributed by atoms with Gasteiger partial charge in [-0.1, -0.05) is 6.42 Å². The molecule has 1 aliphatic carbocycles. The summed E-state index contributed by atoms with van der Waals surface area (Å²) >= 11 is 0. The molecule has 1 saturated heterocycles. The number of fused-ring (bicyclic) bond motifs is 1. The predicted molar refractivity (Wildman–Crippen MR) is 49.0 cm³/mol. The average molecular weight is 169 g/mol. The molecule has 0 amide bonds. The number of hydrogen-bond acceptors (Lipinski definition) is 2. The molecule has 1 saturated carbocycles. The first-order valence-corrected chi connectivity index (χ1v) is 5.16. The number of aliphatic hydroxyl groups excluding tert-OH is 1. The Morgan fingerprint density at radius 3 is 2.42 bits per heavy atom. The zero-order valence-electron chi connectivity index (χ0n) is 7.87. The fourth-order valence-electron chi connectivity index (χ4n) is 2.85. The van der Waals surface area contributed by atoms with Gasteiger partial charge in [-0.05, 0) is 31.6 Å². The zero-order valence-corrected chi connectivity index (χ0v) is 7.87. The van der Waals surface area contributed by atoms with Gasteiger partial charge in [-0.15, -0.1) is 0 Å². The number of aliphatic hydroxyl groups is 1. The maximum Gasteiger partial charge on any atom is 0.0639 e. The van der Waals surface area contributed by atoms with Crippen LogP contribution in [0.3, 0.4) is 0 Å². The molecule has 1 N–H and O–H groups in total. The van der Waals surface area contributed by atoms with Gasteiger partial charge in [0.25, 0.3) is 0 Å². The highest BCUT2D eigenvalue weighted by molar-refractivity contribution is 4.88. The first-order valence-electron chi connectivity index (χ1n) is 5.16. The largest absolute Gasteiger partial charge is 0.392 e. The Labute approximate surface area is 74.6 Å². The first kappa shape index (κ1) is 8.52. The second-order valence-electron chi connectivity index (χ2n) is 4.52. The maximum absolute atomic E-state index is 9.23. The van der Waals surface area contributed by atoms with Gasteiger partial charge >= 0.3 is 0 Å². The van der Waals surface area contributed by atoms with E-state index < -0.39 is 0 Å². The second-order valence-corrected chi connectivity index (χ2v) is 4.52. The van der Waals surface area contributed by atoms with Gasteiger partial charge in [0, 0.05) is 19.6 Å². The van der Waals surface area contributed by atoms with Crippen molar-refractivity contribution in [3.05, 3.63) is 0 Å². The first-order chi connectivity index (χ1) is 5.75. The van der Waals surface area contributed by atoms with Crippen LogP contribution in [0.25, 0.3) is 0 Å². The van der Waals surface area contributed by atoms with E-state index in [1.807, 2.05) is 6.92 Å². The van der Waals surface area contributed by atoms with E-state index in [-0.39, 0.29) is 6.10 Å². The van der Waals surface area contributed by atoms with Gasteiger partial charge in [-0.3, -0.25) is 0 Å². The van der Waals surface area contributed by atoms with Crippen LogP contribution in [0, 0.1) is 11.8 Å². The summed E-state index contributed by atoms with van der Waals surface area (Å²) in [5.74, 6) is 1.92. The standard InChI is InChI=1S/C10H19NO/c1-8(12)5-11-6-9-3-2-4-10(9)7-11/h8-10,12H,2-7H2,1H3/t8-,9?,10?/m0/s1. The van der Waals surface area contributed by atoms with E-state index in [1.165, 1.54) is 32.4 Å². The van der Waals surface area contributed by atoms with E-state index in [0.29, 0.717) is 0 Å². The van der Waals surface area contributed by atoms with Crippen LogP contribution in [0.5, 0.6) is 0 Å². The molecule has 0 aromatic rings. The topological polar surface area (TPSA) is 23.5 Å². The minimum Gasteiger partial charge on any atom is -0.392 e. The third-order valence-corrected chi connectivity index (χ3v) is 3.32. The van der Waals surface area contributed by atoms with E-state index in [0.717, 1.165) is 18.4 Å². The lowest BCUT2D eigenvalue weighted by molar-refractivity contribution is 0.136. The van der Waals surface area contributed by atoms with Gasteiger partial charge in [-0.25, -0.2) is 0 Å². The molecule has 1 heterocycles. The summed E-state index contributed by atoms with van der Waals surface area (Å²) < 4.78 is 0. The summed E-state index contributed by atoms with van der Waals surface area (Å²) in [4.78, 5) is 2.43. The summed E-state index contributed by atoms with van der Waals surface area (Å²) in [5.41, 5.74) is 0. The van der Waals surface area contributed by atoms with Crippen LogP contribution in [0.4, 0.5) is 0 Å². The van der Waals surface area contributed by atoms with Crippen LogP contribution in [-0.4, -0.2) is 35.7 Å². The van der Waals surface area contributed by atoms with Crippen molar-refractivity contribution >= 4 is 0 Å². The van der Waals surface area contributed by atoms with Crippen molar-refractivity contribution in [2.24, 2.45) is 11.8 Å².